The van der Waals surface area contributed by atoms with Crippen LogP contribution in [0.1, 0.15) is 27.4 Å². The van der Waals surface area contributed by atoms with E-state index in [4.69, 9.17) is 0 Å². The zero-order chi connectivity index (χ0) is 18.0. The Balaban J connectivity index is 1.75. The molecule has 2 heterocycles. The molecule has 0 aliphatic carbocycles. The first kappa shape index (κ1) is 17.1. The molecule has 0 spiro atoms. The number of halogens is 1. The summed E-state index contributed by atoms with van der Waals surface area (Å²) < 4.78 is 2.70. The van der Waals surface area contributed by atoms with Gasteiger partial charge in [0.2, 0.25) is 5.95 Å². The van der Waals surface area contributed by atoms with Gasteiger partial charge in [0.25, 0.3) is 5.91 Å². The van der Waals surface area contributed by atoms with Gasteiger partial charge in [0, 0.05) is 15.9 Å². The second-order valence-corrected chi connectivity index (χ2v) is 6.50. The highest BCUT2D eigenvalue weighted by molar-refractivity contribution is 9.10. The van der Waals surface area contributed by atoms with Crippen molar-refractivity contribution in [3.8, 4) is 5.69 Å². The minimum atomic E-state index is -0.302. The lowest BCUT2D eigenvalue weighted by atomic mass is 10.2. The number of carbonyl (C=O) groups excluding carboxylic acids is 1. The number of hydrazine groups is 1. The van der Waals surface area contributed by atoms with Crippen LogP contribution in [0.4, 0.5) is 5.95 Å². The first-order chi connectivity index (χ1) is 11.9. The number of anilines is 1. The molecule has 0 aliphatic heterocycles. The fourth-order valence-electron chi connectivity index (χ4n) is 2.44. The van der Waals surface area contributed by atoms with Crippen molar-refractivity contribution < 1.29 is 4.79 Å². The summed E-state index contributed by atoms with van der Waals surface area (Å²) >= 11 is 3.40. The van der Waals surface area contributed by atoms with Gasteiger partial charge in [-0.05, 0) is 51.1 Å². The molecule has 0 aliphatic rings. The zero-order valence-corrected chi connectivity index (χ0v) is 15.6. The van der Waals surface area contributed by atoms with Crippen LogP contribution in [-0.2, 0) is 0 Å². The second-order valence-electron chi connectivity index (χ2n) is 5.59. The molecule has 0 atom stereocenters. The zero-order valence-electron chi connectivity index (χ0n) is 14.0. The lowest BCUT2D eigenvalue weighted by molar-refractivity contribution is 0.0961. The van der Waals surface area contributed by atoms with E-state index in [-0.39, 0.29) is 5.91 Å². The number of rotatable bonds is 4. The molecule has 0 radical (unpaired) electrons. The molecular formula is C17H17BrN6O. The molecule has 25 heavy (non-hydrogen) atoms. The van der Waals surface area contributed by atoms with Crippen LogP contribution in [-0.4, -0.2) is 25.7 Å². The summed E-state index contributed by atoms with van der Waals surface area (Å²) in [5, 5.41) is 4.30. The summed E-state index contributed by atoms with van der Waals surface area (Å²) in [4.78, 5) is 20.9. The molecule has 3 aromatic rings. The number of hydrogen-bond acceptors (Lipinski definition) is 5. The van der Waals surface area contributed by atoms with Crippen LogP contribution in [0.2, 0.25) is 0 Å². The van der Waals surface area contributed by atoms with E-state index in [2.05, 4.69) is 41.8 Å². The van der Waals surface area contributed by atoms with Gasteiger partial charge in [0.1, 0.15) is 0 Å². The average molecular weight is 401 g/mol. The fourth-order valence-corrected chi connectivity index (χ4v) is 2.70. The standard InChI is InChI=1S/C17H17BrN6O/c1-10-8-11(2)21-17(20-10)23-22-16(25)15-9-19-24(12(15)3)14-6-4-13(18)5-7-14/h4-9H,1-3H3,(H,22,25)(H,20,21,23). The molecule has 0 saturated heterocycles. The maximum atomic E-state index is 12.4. The third kappa shape index (κ3) is 3.85. The van der Waals surface area contributed by atoms with Crippen molar-refractivity contribution in [2.45, 2.75) is 20.8 Å². The molecule has 0 unspecified atom stereocenters. The number of hydrogen-bond donors (Lipinski definition) is 2. The SMILES string of the molecule is Cc1cc(C)nc(NNC(=O)c2cnn(-c3ccc(Br)cc3)c2C)n1. The predicted molar refractivity (Wildman–Crippen MR) is 98.6 cm³/mol. The lowest BCUT2D eigenvalue weighted by Crippen LogP contribution is -2.30. The van der Waals surface area contributed by atoms with Crippen LogP contribution in [0.25, 0.3) is 5.69 Å². The molecule has 2 aromatic heterocycles. The summed E-state index contributed by atoms with van der Waals surface area (Å²) in [7, 11) is 0. The number of carbonyl (C=O) groups is 1. The van der Waals surface area contributed by atoms with E-state index in [1.165, 1.54) is 6.20 Å². The molecular weight excluding hydrogens is 384 g/mol. The van der Waals surface area contributed by atoms with E-state index in [9.17, 15) is 4.79 Å². The van der Waals surface area contributed by atoms with Gasteiger partial charge >= 0.3 is 0 Å². The third-order valence-corrected chi connectivity index (χ3v) is 4.12. The Hall–Kier alpha value is -2.74. The van der Waals surface area contributed by atoms with Gasteiger partial charge in [0.15, 0.2) is 0 Å². The molecule has 1 aromatic carbocycles. The van der Waals surface area contributed by atoms with E-state index >= 15 is 0 Å². The van der Waals surface area contributed by atoms with Crippen LogP contribution in [0.5, 0.6) is 0 Å². The van der Waals surface area contributed by atoms with Crippen molar-refractivity contribution in [1.82, 2.24) is 25.2 Å². The average Bonchev–Trinajstić information content (AvgIpc) is 2.94. The maximum Gasteiger partial charge on any atom is 0.273 e. The molecule has 8 heteroatoms. The van der Waals surface area contributed by atoms with E-state index < -0.39 is 0 Å². The van der Waals surface area contributed by atoms with Crippen molar-refractivity contribution in [1.29, 1.82) is 0 Å². The summed E-state index contributed by atoms with van der Waals surface area (Å²) in [5.74, 6) is 0.0485. The highest BCUT2D eigenvalue weighted by atomic mass is 79.9. The van der Waals surface area contributed by atoms with Crippen LogP contribution < -0.4 is 10.9 Å². The van der Waals surface area contributed by atoms with Gasteiger partial charge < -0.3 is 0 Å². The highest BCUT2D eigenvalue weighted by Crippen LogP contribution is 2.17. The van der Waals surface area contributed by atoms with Crippen LogP contribution in [0.15, 0.2) is 41.0 Å². The number of aromatic nitrogens is 4. The van der Waals surface area contributed by atoms with Crippen molar-refractivity contribution in [2.75, 3.05) is 5.43 Å². The molecule has 2 N–H and O–H groups in total. The van der Waals surface area contributed by atoms with E-state index in [1.807, 2.05) is 51.1 Å². The summed E-state index contributed by atoms with van der Waals surface area (Å²) in [6.45, 7) is 5.58. The quantitative estimate of drug-likeness (QED) is 0.657. The third-order valence-electron chi connectivity index (χ3n) is 3.60. The number of benzene rings is 1. The maximum absolute atomic E-state index is 12.4. The van der Waals surface area contributed by atoms with Crippen LogP contribution >= 0.6 is 15.9 Å². The first-order valence-corrected chi connectivity index (χ1v) is 8.42. The Kier molecular flexibility index (Phi) is 4.80. The summed E-state index contributed by atoms with van der Waals surface area (Å²) in [6.07, 6.45) is 1.54. The minimum absolute atomic E-state index is 0.302. The molecule has 0 saturated carbocycles. The summed E-state index contributed by atoms with van der Waals surface area (Å²) in [6, 6.07) is 9.56. The smallest absolute Gasteiger partial charge is 0.267 e. The Bertz CT molecular complexity index is 899. The minimum Gasteiger partial charge on any atom is -0.267 e. The Morgan fingerprint density at radius 1 is 1.08 bits per heavy atom. The monoisotopic (exact) mass is 400 g/mol. The number of aryl methyl sites for hydroxylation is 2. The normalized spacial score (nSPS) is 10.6. The largest absolute Gasteiger partial charge is 0.273 e. The van der Waals surface area contributed by atoms with Gasteiger partial charge in [-0.2, -0.15) is 5.10 Å². The Morgan fingerprint density at radius 2 is 1.72 bits per heavy atom. The lowest BCUT2D eigenvalue weighted by Gasteiger charge is -2.09. The number of nitrogens with zero attached hydrogens (tertiary/aromatic N) is 4. The Labute approximate surface area is 153 Å². The molecule has 7 nitrogen and oxygen atoms in total. The second kappa shape index (κ2) is 7.02. The van der Waals surface area contributed by atoms with Crippen molar-refractivity contribution >= 4 is 27.8 Å². The molecule has 0 bridgehead atoms. The first-order valence-electron chi connectivity index (χ1n) is 7.63. The van der Waals surface area contributed by atoms with E-state index in [1.54, 1.807) is 4.68 Å². The molecule has 3 rings (SSSR count). The fraction of sp³-hybridized carbons (Fsp3) is 0.176. The molecule has 0 fully saturated rings. The molecule has 128 valence electrons. The van der Waals surface area contributed by atoms with E-state index in [0.717, 1.165) is 27.2 Å². The van der Waals surface area contributed by atoms with Crippen molar-refractivity contribution in [2.24, 2.45) is 0 Å². The van der Waals surface area contributed by atoms with Gasteiger partial charge in [-0.15, -0.1) is 0 Å². The number of nitrogens with one attached hydrogen (secondary N) is 2. The topological polar surface area (TPSA) is 84.7 Å². The van der Waals surface area contributed by atoms with Crippen molar-refractivity contribution in [3.05, 3.63) is 63.6 Å². The van der Waals surface area contributed by atoms with Crippen LogP contribution in [0, 0.1) is 20.8 Å². The summed E-state index contributed by atoms with van der Waals surface area (Å²) in [5.41, 5.74) is 9.09. The van der Waals surface area contributed by atoms with E-state index in [0.29, 0.717) is 11.5 Å². The number of amides is 1. The molecule has 1 amide bonds. The van der Waals surface area contributed by atoms with Gasteiger partial charge in [-0.3, -0.25) is 15.6 Å². The van der Waals surface area contributed by atoms with Gasteiger partial charge in [-0.25, -0.2) is 14.6 Å². The van der Waals surface area contributed by atoms with Crippen molar-refractivity contribution in [3.63, 3.8) is 0 Å². The van der Waals surface area contributed by atoms with Crippen LogP contribution in [0.3, 0.4) is 0 Å². The Morgan fingerprint density at radius 3 is 2.36 bits per heavy atom. The van der Waals surface area contributed by atoms with Gasteiger partial charge in [-0.1, -0.05) is 15.9 Å². The highest BCUT2D eigenvalue weighted by Gasteiger charge is 2.15. The predicted octanol–water partition coefficient (Wildman–Crippen LogP) is 3.11. The van der Waals surface area contributed by atoms with Gasteiger partial charge in [0.05, 0.1) is 23.1 Å².